The second-order valence-corrected chi connectivity index (χ2v) is 15.9. The monoisotopic (exact) mass is 570 g/mol. The van der Waals surface area contributed by atoms with Gasteiger partial charge in [-0.05, 0) is 106 Å². The molecule has 220 valence electrons. The highest BCUT2D eigenvalue weighted by atomic mass is 32.2. The molecule has 0 radical (unpaired) electrons. The Morgan fingerprint density at radius 1 is 1.05 bits per heavy atom. The van der Waals surface area contributed by atoms with Crippen molar-refractivity contribution in [2.24, 2.45) is 5.92 Å². The van der Waals surface area contributed by atoms with Gasteiger partial charge in [0.1, 0.15) is 0 Å². The van der Waals surface area contributed by atoms with Crippen molar-refractivity contribution in [3.63, 3.8) is 0 Å². The Morgan fingerprint density at radius 3 is 2.30 bits per heavy atom. The second-order valence-electron chi connectivity index (χ2n) is 13.6. The number of amides is 1. The van der Waals surface area contributed by atoms with E-state index in [-0.39, 0.29) is 42.2 Å². The number of rotatable bonds is 8. The molecule has 1 amide bonds. The maximum absolute atomic E-state index is 13.5. The van der Waals surface area contributed by atoms with Crippen molar-refractivity contribution in [2.45, 2.75) is 109 Å². The van der Waals surface area contributed by atoms with E-state index >= 15 is 0 Å². The van der Waals surface area contributed by atoms with Crippen LogP contribution in [0.2, 0.25) is 0 Å². The molecule has 40 heavy (non-hydrogen) atoms. The number of carbonyl (C=O) groups excluding carboxylic acids is 1. The number of carbonyl (C=O) groups is 1. The zero-order valence-electron chi connectivity index (χ0n) is 24.6. The number of nitrogens with one attached hydrogen (secondary N) is 1. The zero-order chi connectivity index (χ0) is 28.9. The smallest absolute Gasteiger partial charge is 0.253 e. The second kappa shape index (κ2) is 10.6. The van der Waals surface area contributed by atoms with E-state index in [2.05, 4.69) is 35.0 Å². The number of hydrogen-bond acceptors (Lipinski definition) is 5. The van der Waals surface area contributed by atoms with Crippen LogP contribution in [0.4, 0.5) is 0 Å². The molecule has 5 rings (SSSR count). The van der Waals surface area contributed by atoms with E-state index in [0.717, 1.165) is 41.9 Å². The first-order valence-electron chi connectivity index (χ1n) is 15.0. The third-order valence-electron chi connectivity index (χ3n) is 9.74. The largest absolute Gasteiger partial charge is 0.388 e. The summed E-state index contributed by atoms with van der Waals surface area (Å²) in [5.41, 5.74) is 3.48. The van der Waals surface area contributed by atoms with Crippen molar-refractivity contribution < 1.29 is 23.4 Å². The van der Waals surface area contributed by atoms with Crippen LogP contribution in [-0.4, -0.2) is 52.8 Å². The predicted molar refractivity (Wildman–Crippen MR) is 158 cm³/mol. The first-order valence-corrected chi connectivity index (χ1v) is 16.8. The number of hydrogen-bond donors (Lipinski definition) is 3. The van der Waals surface area contributed by atoms with Crippen molar-refractivity contribution in [1.29, 1.82) is 0 Å². The minimum atomic E-state index is -3.12. The Morgan fingerprint density at radius 2 is 1.70 bits per heavy atom. The molecule has 0 unspecified atom stereocenters. The minimum Gasteiger partial charge on any atom is -0.388 e. The summed E-state index contributed by atoms with van der Waals surface area (Å²) in [6.45, 7) is 8.77. The zero-order valence-corrected chi connectivity index (χ0v) is 25.4. The van der Waals surface area contributed by atoms with Gasteiger partial charge in [-0.25, -0.2) is 8.42 Å². The lowest BCUT2D eigenvalue weighted by Gasteiger charge is -2.31. The van der Waals surface area contributed by atoms with Crippen LogP contribution in [0, 0.1) is 12.8 Å². The van der Waals surface area contributed by atoms with Gasteiger partial charge in [0.05, 0.1) is 28.3 Å². The van der Waals surface area contributed by atoms with Gasteiger partial charge in [0.25, 0.3) is 5.91 Å². The summed E-state index contributed by atoms with van der Waals surface area (Å²) in [4.78, 5) is 13.5. The van der Waals surface area contributed by atoms with Crippen molar-refractivity contribution in [2.75, 3.05) is 18.1 Å². The molecule has 3 aliphatic rings. The molecule has 2 heterocycles. The fourth-order valence-electron chi connectivity index (χ4n) is 6.37. The van der Waals surface area contributed by atoms with Crippen molar-refractivity contribution in [3.8, 4) is 11.3 Å². The van der Waals surface area contributed by atoms with Crippen LogP contribution in [0.15, 0.2) is 24.3 Å². The molecule has 2 aliphatic carbocycles. The first-order chi connectivity index (χ1) is 18.7. The topological polar surface area (TPSA) is 109 Å². The van der Waals surface area contributed by atoms with Gasteiger partial charge in [0.15, 0.2) is 9.84 Å². The fraction of sp³-hybridized carbons (Fsp3) is 0.656. The highest BCUT2D eigenvalue weighted by molar-refractivity contribution is 7.91. The highest BCUT2D eigenvalue weighted by Crippen LogP contribution is 2.49. The quantitative estimate of drug-likeness (QED) is 0.414. The Bertz CT molecular complexity index is 1340. The summed E-state index contributed by atoms with van der Waals surface area (Å²) in [5.74, 6) is 0.186. The van der Waals surface area contributed by atoms with Gasteiger partial charge in [-0.1, -0.05) is 32.3 Å². The van der Waals surface area contributed by atoms with Gasteiger partial charge in [0.2, 0.25) is 0 Å². The number of aliphatic hydroxyl groups is 2. The van der Waals surface area contributed by atoms with Gasteiger partial charge < -0.3 is 20.1 Å². The lowest BCUT2D eigenvalue weighted by Crippen LogP contribution is -2.48. The molecule has 0 atom stereocenters. The van der Waals surface area contributed by atoms with E-state index in [1.165, 1.54) is 37.7 Å². The summed E-state index contributed by atoms with van der Waals surface area (Å²) in [6, 6.07) is 8.40. The fourth-order valence-corrected chi connectivity index (χ4v) is 7.95. The minimum absolute atomic E-state index is 0.0284. The number of sulfone groups is 1. The maximum atomic E-state index is 13.5. The van der Waals surface area contributed by atoms with Crippen molar-refractivity contribution in [3.05, 3.63) is 46.6 Å². The van der Waals surface area contributed by atoms with Crippen molar-refractivity contribution >= 4 is 15.7 Å². The van der Waals surface area contributed by atoms with Gasteiger partial charge in [0, 0.05) is 24.5 Å². The van der Waals surface area contributed by atoms with E-state index in [1.54, 1.807) is 0 Å². The SMILES string of the molecule is Cc1c(C(=O)NCC2(O)CCS(=O)(=O)CC2)cc(-c2cc(C(C)(C)O)cc(C3(C)CC3)c2)n1CC1CCCCC1. The molecule has 1 saturated heterocycles. The summed E-state index contributed by atoms with van der Waals surface area (Å²) in [5, 5.41) is 24.8. The summed E-state index contributed by atoms with van der Waals surface area (Å²) in [7, 11) is -3.12. The van der Waals surface area contributed by atoms with Crippen LogP contribution in [0.25, 0.3) is 11.3 Å². The van der Waals surface area contributed by atoms with Gasteiger partial charge in [-0.15, -0.1) is 0 Å². The lowest BCUT2D eigenvalue weighted by atomic mass is 9.87. The number of benzene rings is 1. The van der Waals surface area contributed by atoms with E-state index in [4.69, 9.17) is 0 Å². The molecule has 2 aromatic rings. The molecule has 3 N–H and O–H groups in total. The van der Waals surface area contributed by atoms with Crippen LogP contribution in [0.5, 0.6) is 0 Å². The number of nitrogens with zero attached hydrogens (tertiary/aromatic N) is 1. The predicted octanol–water partition coefficient (Wildman–Crippen LogP) is 4.99. The molecule has 1 aromatic heterocycles. The maximum Gasteiger partial charge on any atom is 0.253 e. The number of aromatic nitrogens is 1. The lowest BCUT2D eigenvalue weighted by molar-refractivity contribution is 0.0296. The molecule has 0 bridgehead atoms. The van der Waals surface area contributed by atoms with Crippen LogP contribution < -0.4 is 5.32 Å². The molecule has 1 aliphatic heterocycles. The average Bonchev–Trinajstić information content (AvgIpc) is 3.59. The molecule has 2 saturated carbocycles. The molecule has 0 spiro atoms. The van der Waals surface area contributed by atoms with Crippen molar-refractivity contribution in [1.82, 2.24) is 9.88 Å². The molecule has 7 nitrogen and oxygen atoms in total. The highest BCUT2D eigenvalue weighted by Gasteiger charge is 2.40. The van der Waals surface area contributed by atoms with E-state index in [9.17, 15) is 23.4 Å². The van der Waals surface area contributed by atoms with E-state index in [1.807, 2.05) is 26.8 Å². The van der Waals surface area contributed by atoms with Crippen LogP contribution >= 0.6 is 0 Å². The van der Waals surface area contributed by atoms with Gasteiger partial charge in [-0.3, -0.25) is 4.79 Å². The summed E-state index contributed by atoms with van der Waals surface area (Å²) >= 11 is 0. The average molecular weight is 571 g/mol. The van der Waals surface area contributed by atoms with Crippen LogP contribution in [-0.2, 0) is 27.4 Å². The van der Waals surface area contributed by atoms with Crippen LogP contribution in [0.1, 0.15) is 106 Å². The summed E-state index contributed by atoms with van der Waals surface area (Å²) < 4.78 is 26.0. The molecule has 8 heteroatoms. The molecular weight excluding hydrogens is 524 g/mol. The Kier molecular flexibility index (Phi) is 7.77. The molecular formula is C32H46N2O5S. The molecule has 3 fully saturated rings. The first kappa shape index (κ1) is 29.3. The Labute approximate surface area is 239 Å². The Balaban J connectivity index is 1.49. The third kappa shape index (κ3) is 6.34. The van der Waals surface area contributed by atoms with E-state index < -0.39 is 21.0 Å². The Hall–Kier alpha value is -2.16. The normalized spacial score (nSPS) is 22.1. The molecule has 1 aromatic carbocycles. The standard InChI is InChI=1S/C32H46N2O5S/c1-22-27(29(35)33-21-32(37)12-14-40(38,39)15-13-32)19-28(34(22)20-23-8-6-5-7-9-23)24-16-25(30(2,3)36)18-26(17-24)31(4)10-11-31/h16-19,23,36-37H,5-15,20-21H2,1-4H3,(H,33,35). The summed E-state index contributed by atoms with van der Waals surface area (Å²) in [6.07, 6.45) is 8.63. The third-order valence-corrected chi connectivity index (χ3v) is 11.4. The van der Waals surface area contributed by atoms with Gasteiger partial charge in [-0.2, -0.15) is 0 Å². The van der Waals surface area contributed by atoms with E-state index in [0.29, 0.717) is 11.5 Å². The van der Waals surface area contributed by atoms with Gasteiger partial charge >= 0.3 is 0 Å². The van der Waals surface area contributed by atoms with Crippen LogP contribution in [0.3, 0.4) is 0 Å².